The SMILES string of the molecule is O=C(CCC(O)CO)CCC(C(=O)O)N1CCC(C(CCC(=O)NCC(O)CO)C(=O)O)CCN(C(CCC(=O)NCC(O)CO)C(=O)O)Cc2cccc(n2)C1. The van der Waals surface area contributed by atoms with Crippen molar-refractivity contribution in [1.82, 2.24) is 25.4 Å². The summed E-state index contributed by atoms with van der Waals surface area (Å²) in [6.07, 6.45) is -4.55. The Balaban J connectivity index is 2.49. The summed E-state index contributed by atoms with van der Waals surface area (Å²) in [6, 6.07) is 2.51. The van der Waals surface area contributed by atoms with E-state index in [0.29, 0.717) is 11.4 Å². The molecule has 20 heteroatoms. The summed E-state index contributed by atoms with van der Waals surface area (Å²) in [5, 5.41) is 92.0. The molecule has 322 valence electrons. The van der Waals surface area contributed by atoms with E-state index < -0.39 is 91.8 Å². The summed E-state index contributed by atoms with van der Waals surface area (Å²) in [6.45, 7) is -2.29. The number of hydrogen-bond donors (Lipinski definition) is 11. The van der Waals surface area contributed by atoms with E-state index >= 15 is 0 Å². The number of ketones is 1. The molecule has 57 heavy (non-hydrogen) atoms. The highest BCUT2D eigenvalue weighted by Crippen LogP contribution is 2.29. The molecule has 0 aromatic carbocycles. The summed E-state index contributed by atoms with van der Waals surface area (Å²) in [4.78, 5) is 83.8. The number of carboxylic acids is 3. The lowest BCUT2D eigenvalue weighted by Gasteiger charge is -2.35. The predicted octanol–water partition coefficient (Wildman–Crippen LogP) is -2.32. The van der Waals surface area contributed by atoms with Gasteiger partial charge in [-0.2, -0.15) is 0 Å². The number of fused-ring (bicyclic) bond motifs is 2. The van der Waals surface area contributed by atoms with Gasteiger partial charge in [0.1, 0.15) is 17.9 Å². The van der Waals surface area contributed by atoms with Crippen molar-refractivity contribution in [3.05, 3.63) is 29.6 Å². The highest BCUT2D eigenvalue weighted by molar-refractivity contribution is 5.80. The molecule has 0 fully saturated rings. The van der Waals surface area contributed by atoms with Gasteiger partial charge in [0.15, 0.2) is 0 Å². The Morgan fingerprint density at radius 2 is 1.07 bits per heavy atom. The molecule has 1 aromatic rings. The number of aliphatic hydroxyl groups excluding tert-OH is 6. The molecule has 0 spiro atoms. The molecule has 0 aliphatic carbocycles. The van der Waals surface area contributed by atoms with E-state index in [9.17, 15) is 59.4 Å². The molecule has 1 aromatic heterocycles. The minimum atomic E-state index is -1.26. The van der Waals surface area contributed by atoms with E-state index in [0.717, 1.165) is 0 Å². The van der Waals surface area contributed by atoms with E-state index in [2.05, 4.69) is 15.6 Å². The lowest BCUT2D eigenvalue weighted by atomic mass is 9.82. The van der Waals surface area contributed by atoms with Crippen LogP contribution in [0.5, 0.6) is 0 Å². The number of carbonyl (C=O) groups is 6. The molecular weight excluding hydrogens is 754 g/mol. The molecule has 1 aliphatic heterocycles. The Labute approximate surface area is 330 Å². The van der Waals surface area contributed by atoms with Crippen LogP contribution in [-0.2, 0) is 41.9 Å². The van der Waals surface area contributed by atoms with E-state index in [4.69, 9.17) is 15.3 Å². The molecule has 2 rings (SSSR count). The summed E-state index contributed by atoms with van der Waals surface area (Å²) in [5.74, 6) is -7.11. The van der Waals surface area contributed by atoms with Gasteiger partial charge in [-0.1, -0.05) is 6.07 Å². The monoisotopic (exact) mass is 813 g/mol. The predicted molar refractivity (Wildman–Crippen MR) is 199 cm³/mol. The first kappa shape index (κ1) is 49.0. The Hall–Kier alpha value is -4.15. The molecule has 11 N–H and O–H groups in total. The number of nitrogens with one attached hydrogen (secondary N) is 2. The van der Waals surface area contributed by atoms with Gasteiger partial charge in [0.2, 0.25) is 11.8 Å². The van der Waals surface area contributed by atoms with Crippen molar-refractivity contribution in [3.8, 4) is 0 Å². The zero-order valence-electron chi connectivity index (χ0n) is 32.0. The number of pyridine rings is 1. The van der Waals surface area contributed by atoms with E-state index in [1.807, 2.05) is 0 Å². The zero-order valence-corrected chi connectivity index (χ0v) is 32.0. The fourth-order valence-electron chi connectivity index (χ4n) is 6.67. The molecule has 7 unspecified atom stereocenters. The van der Waals surface area contributed by atoms with Crippen LogP contribution in [0.25, 0.3) is 0 Å². The molecule has 2 bridgehead atoms. The van der Waals surface area contributed by atoms with Crippen LogP contribution in [0.1, 0.15) is 75.6 Å². The maximum absolute atomic E-state index is 12.8. The number of nitrogens with zero attached hydrogens (tertiary/aromatic N) is 3. The number of carboxylic acid groups (broad SMARTS) is 3. The third kappa shape index (κ3) is 18.3. The van der Waals surface area contributed by atoms with Gasteiger partial charge in [-0.3, -0.25) is 43.6 Å². The van der Waals surface area contributed by atoms with Crippen LogP contribution in [0.4, 0.5) is 0 Å². The van der Waals surface area contributed by atoms with E-state index in [1.165, 1.54) is 0 Å². The molecule has 0 saturated carbocycles. The fourth-order valence-corrected chi connectivity index (χ4v) is 6.67. The van der Waals surface area contributed by atoms with Gasteiger partial charge in [-0.15, -0.1) is 0 Å². The number of carbonyl (C=O) groups excluding carboxylic acids is 3. The molecule has 2 amide bonds. The van der Waals surface area contributed by atoms with Crippen molar-refractivity contribution < 1.29 is 74.7 Å². The van der Waals surface area contributed by atoms with Gasteiger partial charge < -0.3 is 56.6 Å². The van der Waals surface area contributed by atoms with Gasteiger partial charge in [0.25, 0.3) is 0 Å². The number of rotatable bonds is 25. The Morgan fingerprint density at radius 1 is 0.632 bits per heavy atom. The minimum Gasteiger partial charge on any atom is -0.481 e. The van der Waals surface area contributed by atoms with Crippen LogP contribution in [0, 0.1) is 11.8 Å². The quantitative estimate of drug-likeness (QED) is 0.0494. The average molecular weight is 814 g/mol. The molecular formula is C37H59N5O15. The Morgan fingerprint density at radius 3 is 1.51 bits per heavy atom. The van der Waals surface area contributed by atoms with Crippen LogP contribution in [-0.4, -0.2) is 173 Å². The van der Waals surface area contributed by atoms with Gasteiger partial charge in [0, 0.05) is 51.9 Å². The number of hydrogen-bond acceptors (Lipinski definition) is 15. The average Bonchev–Trinajstić information content (AvgIpc) is 3.17. The summed E-state index contributed by atoms with van der Waals surface area (Å²) < 4.78 is 0. The van der Waals surface area contributed by atoms with Crippen LogP contribution < -0.4 is 10.6 Å². The van der Waals surface area contributed by atoms with E-state index in [-0.39, 0.29) is 109 Å². The first-order chi connectivity index (χ1) is 27.1. The molecule has 1 aliphatic rings. The van der Waals surface area contributed by atoms with Crippen molar-refractivity contribution >= 4 is 35.5 Å². The highest BCUT2D eigenvalue weighted by Gasteiger charge is 2.35. The number of aliphatic carboxylic acids is 3. The second-order valence-electron chi connectivity index (χ2n) is 14.4. The van der Waals surface area contributed by atoms with Gasteiger partial charge in [-0.05, 0) is 69.7 Å². The minimum absolute atomic E-state index is 0.00580. The fraction of sp³-hybridized carbons (Fsp3) is 0.703. The first-order valence-electron chi connectivity index (χ1n) is 19.1. The smallest absolute Gasteiger partial charge is 0.320 e. The summed E-state index contributed by atoms with van der Waals surface area (Å²) >= 11 is 0. The third-order valence-electron chi connectivity index (χ3n) is 9.99. The van der Waals surface area contributed by atoms with Crippen LogP contribution in [0.2, 0.25) is 0 Å². The van der Waals surface area contributed by atoms with E-state index in [1.54, 1.807) is 28.0 Å². The zero-order chi connectivity index (χ0) is 42.5. The van der Waals surface area contributed by atoms with Crippen molar-refractivity contribution in [2.45, 2.75) is 108 Å². The summed E-state index contributed by atoms with van der Waals surface area (Å²) in [5.41, 5.74) is 0.825. The van der Waals surface area contributed by atoms with Crippen molar-refractivity contribution in [1.29, 1.82) is 0 Å². The standard InChI is InChI=1S/C37H59N5O15/c43-20-27(47)5-4-26(46)6-8-31(36(54)55)41-14-12-23(30(35(52)53)7-10-33(50)38-16-28(48)21-44)13-15-42(19-25-3-1-2-24(18-41)40-25)32(37(56)57)9-11-34(51)39-17-29(49)22-45/h1-3,23,27-32,43-45,47-49H,4-22H2,(H,38,50)(H,39,51)(H,52,53)(H,54,55)(H,56,57). The Bertz CT molecular complexity index is 1370. The second-order valence-corrected chi connectivity index (χ2v) is 14.4. The highest BCUT2D eigenvalue weighted by atomic mass is 16.4. The van der Waals surface area contributed by atoms with Crippen LogP contribution in [0.15, 0.2) is 18.2 Å². The van der Waals surface area contributed by atoms with Crippen molar-refractivity contribution in [2.24, 2.45) is 11.8 Å². The third-order valence-corrected chi connectivity index (χ3v) is 9.99. The molecule has 0 radical (unpaired) electrons. The van der Waals surface area contributed by atoms with Crippen molar-refractivity contribution in [2.75, 3.05) is 46.0 Å². The Kier molecular flexibility index (Phi) is 22.3. The van der Waals surface area contributed by atoms with Crippen molar-refractivity contribution in [3.63, 3.8) is 0 Å². The van der Waals surface area contributed by atoms with Gasteiger partial charge >= 0.3 is 17.9 Å². The summed E-state index contributed by atoms with van der Waals surface area (Å²) in [7, 11) is 0. The maximum atomic E-state index is 12.8. The molecule has 2 heterocycles. The van der Waals surface area contributed by atoms with Crippen LogP contribution >= 0.6 is 0 Å². The lowest BCUT2D eigenvalue weighted by Crippen LogP contribution is -2.45. The van der Waals surface area contributed by atoms with Gasteiger partial charge in [0.05, 0.1) is 55.4 Å². The largest absolute Gasteiger partial charge is 0.481 e. The number of aliphatic hydroxyl groups is 6. The van der Waals surface area contributed by atoms with Gasteiger partial charge in [-0.25, -0.2) is 0 Å². The maximum Gasteiger partial charge on any atom is 0.320 e. The first-order valence-corrected chi connectivity index (χ1v) is 19.1. The number of aromatic nitrogens is 1. The molecule has 0 saturated heterocycles. The molecule has 7 atom stereocenters. The second kappa shape index (κ2) is 26.0. The molecule has 20 nitrogen and oxygen atoms in total. The normalized spacial score (nSPS) is 18.7. The lowest BCUT2D eigenvalue weighted by molar-refractivity contribution is -0.147. The van der Waals surface area contributed by atoms with Crippen LogP contribution in [0.3, 0.4) is 0 Å². The number of Topliss-reactive ketones (excluding diaryl/α,β-unsaturated/α-hetero) is 1. The number of amides is 2. The topological polar surface area (TPSA) is 328 Å².